The summed E-state index contributed by atoms with van der Waals surface area (Å²) in [7, 11) is 0.333. The number of ether oxygens (including phenoxy) is 1. The van der Waals surface area contributed by atoms with Crippen molar-refractivity contribution in [2.75, 3.05) is 6.61 Å². The van der Waals surface area contributed by atoms with Gasteiger partial charge in [-0.1, -0.05) is 0 Å². The summed E-state index contributed by atoms with van der Waals surface area (Å²) in [4.78, 5) is -1.12. The lowest BCUT2D eigenvalue weighted by Gasteiger charge is -2.10. The second kappa shape index (κ2) is 5.49. The molecule has 0 aliphatic carbocycles. The first kappa shape index (κ1) is 16.0. The normalized spacial score (nSPS) is 12.5. The zero-order valence-corrected chi connectivity index (χ0v) is 10.5. The van der Waals surface area contributed by atoms with E-state index >= 15 is 0 Å². The smallest absolute Gasteiger partial charge is 0.392 e. The average molecular weight is 325 g/mol. The highest BCUT2D eigenvalue weighted by atomic mass is 35.7. The predicted octanol–water partition coefficient (Wildman–Crippen LogP) is 3.22. The molecule has 0 radical (unpaired) electrons. The highest BCUT2D eigenvalue weighted by Crippen LogP contribution is 2.28. The molecule has 0 heterocycles. The summed E-state index contributed by atoms with van der Waals surface area (Å²) in [6, 6.07) is 1.29. The van der Waals surface area contributed by atoms with Crippen LogP contribution in [-0.2, 0) is 9.05 Å². The molecule has 0 aliphatic heterocycles. The van der Waals surface area contributed by atoms with Crippen LogP contribution in [0.5, 0.6) is 5.75 Å². The topological polar surface area (TPSA) is 43.4 Å². The third kappa shape index (κ3) is 4.50. The Morgan fingerprint density at radius 3 is 2.21 bits per heavy atom. The standard InChI is InChI=1S/C9H6ClF5O3S/c10-19(16,17)6-2-1-5(7(11)8(6)12)18-4-3-9(13,14)15/h1-2H,3-4H2. The van der Waals surface area contributed by atoms with Gasteiger partial charge in [0, 0.05) is 10.7 Å². The molecular formula is C9H6ClF5O3S. The number of rotatable bonds is 4. The average Bonchev–Trinajstić information content (AvgIpc) is 2.20. The lowest BCUT2D eigenvalue weighted by Crippen LogP contribution is -2.13. The zero-order chi connectivity index (χ0) is 14.8. The van der Waals surface area contributed by atoms with Crippen molar-refractivity contribution in [3.63, 3.8) is 0 Å². The molecule has 0 bridgehead atoms. The van der Waals surface area contributed by atoms with Gasteiger partial charge in [-0.3, -0.25) is 0 Å². The second-order valence-electron chi connectivity index (χ2n) is 3.34. The van der Waals surface area contributed by atoms with E-state index in [2.05, 4.69) is 4.74 Å². The number of hydrogen-bond donors (Lipinski definition) is 0. The minimum absolute atomic E-state index is 0.601. The number of alkyl halides is 3. The third-order valence-electron chi connectivity index (χ3n) is 1.92. The fraction of sp³-hybridized carbons (Fsp3) is 0.333. The van der Waals surface area contributed by atoms with E-state index in [-0.39, 0.29) is 0 Å². The molecule has 0 saturated carbocycles. The SMILES string of the molecule is O=S(=O)(Cl)c1ccc(OCCC(F)(F)F)c(F)c1F. The van der Waals surface area contributed by atoms with E-state index in [1.807, 2.05) is 0 Å². The van der Waals surface area contributed by atoms with Gasteiger partial charge in [0.2, 0.25) is 5.82 Å². The van der Waals surface area contributed by atoms with Crippen LogP contribution < -0.4 is 4.74 Å². The summed E-state index contributed by atoms with van der Waals surface area (Å²) < 4.78 is 88.1. The van der Waals surface area contributed by atoms with Crippen molar-refractivity contribution in [3.05, 3.63) is 23.8 Å². The van der Waals surface area contributed by atoms with Crippen LogP contribution in [0.1, 0.15) is 6.42 Å². The van der Waals surface area contributed by atoms with Crippen LogP contribution >= 0.6 is 10.7 Å². The van der Waals surface area contributed by atoms with E-state index in [4.69, 9.17) is 10.7 Å². The van der Waals surface area contributed by atoms with E-state index in [0.717, 1.165) is 0 Å². The van der Waals surface area contributed by atoms with Gasteiger partial charge in [0.1, 0.15) is 4.90 Å². The molecule has 0 atom stereocenters. The van der Waals surface area contributed by atoms with Crippen LogP contribution in [0.15, 0.2) is 17.0 Å². The minimum Gasteiger partial charge on any atom is -0.490 e. The maximum atomic E-state index is 13.3. The van der Waals surface area contributed by atoms with Crippen molar-refractivity contribution < 1.29 is 35.1 Å². The van der Waals surface area contributed by atoms with Crippen molar-refractivity contribution in [2.45, 2.75) is 17.5 Å². The molecule has 0 aromatic heterocycles. The number of hydrogen-bond acceptors (Lipinski definition) is 3. The van der Waals surface area contributed by atoms with Gasteiger partial charge in [-0.25, -0.2) is 12.8 Å². The van der Waals surface area contributed by atoms with Gasteiger partial charge in [0.15, 0.2) is 11.6 Å². The molecule has 0 unspecified atom stereocenters. The van der Waals surface area contributed by atoms with E-state index in [9.17, 15) is 30.4 Å². The number of benzene rings is 1. The van der Waals surface area contributed by atoms with Crippen molar-refractivity contribution in [3.8, 4) is 5.75 Å². The molecule has 0 fully saturated rings. The first-order valence-corrected chi connectivity index (χ1v) is 6.95. The predicted molar refractivity (Wildman–Crippen MR) is 55.6 cm³/mol. The minimum atomic E-state index is -4.51. The molecule has 1 aromatic rings. The van der Waals surface area contributed by atoms with E-state index in [0.29, 0.717) is 12.1 Å². The summed E-state index contributed by atoms with van der Waals surface area (Å²) in [5.41, 5.74) is 0. The van der Waals surface area contributed by atoms with Crippen molar-refractivity contribution in [1.82, 2.24) is 0 Å². The first-order chi connectivity index (χ1) is 8.52. The Bertz CT molecular complexity index is 570. The molecule has 0 aliphatic rings. The van der Waals surface area contributed by atoms with E-state index in [1.54, 1.807) is 0 Å². The largest absolute Gasteiger partial charge is 0.490 e. The highest BCUT2D eigenvalue weighted by molar-refractivity contribution is 8.13. The zero-order valence-electron chi connectivity index (χ0n) is 8.97. The van der Waals surface area contributed by atoms with Gasteiger partial charge in [-0.15, -0.1) is 0 Å². The maximum absolute atomic E-state index is 13.3. The summed E-state index contributed by atoms with van der Waals surface area (Å²) >= 11 is 0. The van der Waals surface area contributed by atoms with Crippen LogP contribution in [0.4, 0.5) is 22.0 Å². The van der Waals surface area contributed by atoms with Gasteiger partial charge in [-0.2, -0.15) is 17.6 Å². The summed E-state index contributed by atoms with van der Waals surface area (Å²) in [5, 5.41) is 0. The fourth-order valence-electron chi connectivity index (χ4n) is 1.09. The van der Waals surface area contributed by atoms with Crippen molar-refractivity contribution in [1.29, 1.82) is 0 Å². The molecule has 0 amide bonds. The molecule has 0 N–H and O–H groups in total. The molecular weight excluding hydrogens is 319 g/mol. The van der Waals surface area contributed by atoms with Crippen molar-refractivity contribution in [2.24, 2.45) is 0 Å². The summed E-state index contributed by atoms with van der Waals surface area (Å²) in [6.07, 6.45) is -5.86. The number of halogens is 6. The molecule has 3 nitrogen and oxygen atoms in total. The molecule has 108 valence electrons. The van der Waals surface area contributed by atoms with Gasteiger partial charge < -0.3 is 4.74 Å². The summed E-state index contributed by atoms with van der Waals surface area (Å²) in [5.74, 6) is -4.35. The highest BCUT2D eigenvalue weighted by Gasteiger charge is 2.28. The van der Waals surface area contributed by atoms with Gasteiger partial charge in [0.25, 0.3) is 9.05 Å². The Morgan fingerprint density at radius 1 is 1.16 bits per heavy atom. The van der Waals surface area contributed by atoms with Gasteiger partial charge in [-0.05, 0) is 12.1 Å². The first-order valence-electron chi connectivity index (χ1n) is 4.64. The Kier molecular flexibility index (Phi) is 4.62. The Morgan fingerprint density at radius 2 is 1.74 bits per heavy atom. The van der Waals surface area contributed by atoms with Crippen LogP contribution in [0, 0.1) is 11.6 Å². The second-order valence-corrected chi connectivity index (χ2v) is 5.88. The van der Waals surface area contributed by atoms with Crippen LogP contribution in [-0.4, -0.2) is 21.2 Å². The molecule has 0 saturated heterocycles. The molecule has 1 rings (SSSR count). The molecule has 19 heavy (non-hydrogen) atoms. The Labute approximate surface area is 109 Å². The summed E-state index contributed by atoms with van der Waals surface area (Å²) in [6.45, 7) is -0.924. The Balaban J connectivity index is 2.92. The quantitative estimate of drug-likeness (QED) is 0.631. The molecule has 0 spiro atoms. The lowest BCUT2D eigenvalue weighted by molar-refractivity contribution is -0.139. The lowest BCUT2D eigenvalue weighted by atomic mass is 10.3. The monoisotopic (exact) mass is 324 g/mol. The van der Waals surface area contributed by atoms with Crippen molar-refractivity contribution >= 4 is 19.7 Å². The van der Waals surface area contributed by atoms with E-state index in [1.165, 1.54) is 0 Å². The maximum Gasteiger partial charge on any atom is 0.392 e. The fourth-order valence-corrected chi connectivity index (χ4v) is 1.98. The third-order valence-corrected chi connectivity index (χ3v) is 3.26. The van der Waals surface area contributed by atoms with E-state index < -0.39 is 50.5 Å². The molecule has 1 aromatic carbocycles. The van der Waals surface area contributed by atoms with Crippen LogP contribution in [0.2, 0.25) is 0 Å². The van der Waals surface area contributed by atoms with Crippen LogP contribution in [0.25, 0.3) is 0 Å². The van der Waals surface area contributed by atoms with Crippen LogP contribution in [0.3, 0.4) is 0 Å². The van der Waals surface area contributed by atoms with Gasteiger partial charge >= 0.3 is 6.18 Å². The Hall–Kier alpha value is -1.09. The van der Waals surface area contributed by atoms with Gasteiger partial charge in [0.05, 0.1) is 13.0 Å². The molecule has 10 heteroatoms.